The van der Waals surface area contributed by atoms with E-state index >= 15 is 0 Å². The summed E-state index contributed by atoms with van der Waals surface area (Å²) >= 11 is 0. The van der Waals surface area contributed by atoms with Gasteiger partial charge in [0.1, 0.15) is 0 Å². The molecule has 0 amide bonds. The quantitative estimate of drug-likeness (QED) is 0.753. The van der Waals surface area contributed by atoms with Crippen molar-refractivity contribution in [2.24, 2.45) is 0 Å². The second-order valence-corrected chi connectivity index (χ2v) is 3.53. The molecule has 1 aromatic carbocycles. The Morgan fingerprint density at radius 2 is 2.13 bits per heavy atom. The zero-order valence-corrected chi connectivity index (χ0v) is 8.22. The molecule has 2 atom stereocenters. The summed E-state index contributed by atoms with van der Waals surface area (Å²) in [5.74, 6) is -0.908. The minimum absolute atomic E-state index is 0.0989. The Hall–Kier alpha value is -1.39. The van der Waals surface area contributed by atoms with Gasteiger partial charge in [-0.2, -0.15) is 0 Å². The van der Waals surface area contributed by atoms with Crippen LogP contribution in [0.3, 0.4) is 0 Å². The molecule has 1 fully saturated rings. The monoisotopic (exact) mass is 207 g/mol. The summed E-state index contributed by atoms with van der Waals surface area (Å²) in [6, 6.07) is 9.97. The molecule has 0 saturated carbocycles. The maximum absolute atomic E-state index is 10.6. The Kier molecular flexibility index (Phi) is 2.99. The number of carboxylic acid groups (broad SMARTS) is 1. The molecule has 2 unspecified atom stereocenters. The fourth-order valence-electron chi connectivity index (χ4n) is 1.64. The number of morpholine rings is 1. The number of carboxylic acids is 1. The van der Waals surface area contributed by atoms with Crippen molar-refractivity contribution in [3.63, 3.8) is 0 Å². The fraction of sp³-hybridized carbons (Fsp3) is 0.364. The van der Waals surface area contributed by atoms with Crippen molar-refractivity contribution in [3.05, 3.63) is 35.9 Å². The van der Waals surface area contributed by atoms with Crippen molar-refractivity contribution in [1.29, 1.82) is 0 Å². The first-order chi connectivity index (χ1) is 7.27. The molecule has 0 spiro atoms. The van der Waals surface area contributed by atoms with E-state index in [2.05, 4.69) is 5.32 Å². The number of rotatable bonds is 2. The molecule has 1 aromatic rings. The van der Waals surface area contributed by atoms with E-state index in [1.165, 1.54) is 0 Å². The molecular formula is C11H13NO3. The molecule has 0 radical (unpaired) electrons. The lowest BCUT2D eigenvalue weighted by atomic mass is 10.1. The Labute approximate surface area is 87.9 Å². The van der Waals surface area contributed by atoms with Crippen LogP contribution in [0.1, 0.15) is 11.6 Å². The number of ether oxygens (including phenoxy) is 1. The van der Waals surface area contributed by atoms with Gasteiger partial charge in [0, 0.05) is 6.54 Å². The SMILES string of the molecule is O=C(O)C1CNC(c2ccccc2)CO1. The minimum Gasteiger partial charge on any atom is -0.479 e. The number of benzene rings is 1. The molecule has 1 heterocycles. The average Bonchev–Trinajstić information content (AvgIpc) is 2.30. The fourth-order valence-corrected chi connectivity index (χ4v) is 1.64. The zero-order chi connectivity index (χ0) is 10.7. The molecule has 2 rings (SSSR count). The highest BCUT2D eigenvalue weighted by Gasteiger charge is 2.26. The Morgan fingerprint density at radius 3 is 2.67 bits per heavy atom. The van der Waals surface area contributed by atoms with E-state index in [1.54, 1.807) is 0 Å². The Bertz CT molecular complexity index is 331. The first-order valence-electron chi connectivity index (χ1n) is 4.90. The van der Waals surface area contributed by atoms with Crippen molar-refractivity contribution in [2.45, 2.75) is 12.1 Å². The Morgan fingerprint density at radius 1 is 1.40 bits per heavy atom. The molecule has 1 aliphatic heterocycles. The van der Waals surface area contributed by atoms with Crippen molar-refractivity contribution >= 4 is 5.97 Å². The van der Waals surface area contributed by atoms with Crippen LogP contribution in [0.15, 0.2) is 30.3 Å². The lowest BCUT2D eigenvalue weighted by Gasteiger charge is -2.28. The van der Waals surface area contributed by atoms with Gasteiger partial charge in [0.15, 0.2) is 6.10 Å². The second-order valence-electron chi connectivity index (χ2n) is 3.53. The third-order valence-electron chi connectivity index (χ3n) is 2.49. The standard InChI is InChI=1S/C11H13NO3/c13-11(14)10-6-12-9(7-15-10)8-4-2-1-3-5-8/h1-5,9-10,12H,6-7H2,(H,13,14). The average molecular weight is 207 g/mol. The normalized spacial score (nSPS) is 26.1. The maximum Gasteiger partial charge on any atom is 0.334 e. The smallest absolute Gasteiger partial charge is 0.334 e. The van der Waals surface area contributed by atoms with Crippen molar-refractivity contribution in [3.8, 4) is 0 Å². The summed E-state index contributed by atoms with van der Waals surface area (Å²) in [5, 5.41) is 11.9. The molecule has 80 valence electrons. The molecule has 1 aliphatic rings. The second kappa shape index (κ2) is 4.42. The number of hydrogen-bond donors (Lipinski definition) is 2. The molecule has 0 aliphatic carbocycles. The maximum atomic E-state index is 10.6. The van der Waals surface area contributed by atoms with Gasteiger partial charge >= 0.3 is 5.97 Å². The van der Waals surface area contributed by atoms with Gasteiger partial charge in [0.25, 0.3) is 0 Å². The zero-order valence-electron chi connectivity index (χ0n) is 8.22. The van der Waals surface area contributed by atoms with E-state index in [4.69, 9.17) is 9.84 Å². The van der Waals surface area contributed by atoms with E-state index in [9.17, 15) is 4.79 Å². The summed E-state index contributed by atoms with van der Waals surface area (Å²) in [6.45, 7) is 0.760. The first-order valence-corrected chi connectivity index (χ1v) is 4.90. The van der Waals surface area contributed by atoms with Gasteiger partial charge in [-0.05, 0) is 5.56 Å². The van der Waals surface area contributed by atoms with Gasteiger partial charge in [0.2, 0.25) is 0 Å². The van der Waals surface area contributed by atoms with Gasteiger partial charge < -0.3 is 15.2 Å². The summed E-state index contributed by atoms with van der Waals surface area (Å²) in [7, 11) is 0. The van der Waals surface area contributed by atoms with E-state index in [1.807, 2.05) is 30.3 Å². The number of hydrogen-bond acceptors (Lipinski definition) is 3. The van der Waals surface area contributed by atoms with Crippen LogP contribution >= 0.6 is 0 Å². The molecule has 4 heteroatoms. The van der Waals surface area contributed by atoms with Gasteiger partial charge in [-0.3, -0.25) is 0 Å². The van der Waals surface area contributed by atoms with E-state index in [-0.39, 0.29) is 6.04 Å². The van der Waals surface area contributed by atoms with Crippen molar-refractivity contribution < 1.29 is 14.6 Å². The summed E-state index contributed by atoms with van der Waals surface area (Å²) < 4.78 is 5.24. The largest absolute Gasteiger partial charge is 0.479 e. The van der Waals surface area contributed by atoms with E-state index in [0.717, 1.165) is 5.56 Å². The molecule has 0 aromatic heterocycles. The van der Waals surface area contributed by atoms with Crippen molar-refractivity contribution in [1.82, 2.24) is 5.32 Å². The van der Waals surface area contributed by atoms with Crippen LogP contribution in [0.25, 0.3) is 0 Å². The molecule has 4 nitrogen and oxygen atoms in total. The number of aliphatic carboxylic acids is 1. The highest BCUT2D eigenvalue weighted by molar-refractivity contribution is 5.72. The molecule has 1 saturated heterocycles. The van der Waals surface area contributed by atoms with E-state index in [0.29, 0.717) is 13.2 Å². The third kappa shape index (κ3) is 2.34. The highest BCUT2D eigenvalue weighted by atomic mass is 16.5. The van der Waals surface area contributed by atoms with Gasteiger partial charge in [0.05, 0.1) is 12.6 Å². The van der Waals surface area contributed by atoms with Crippen LogP contribution in [0.5, 0.6) is 0 Å². The van der Waals surface area contributed by atoms with Crippen LogP contribution in [0.2, 0.25) is 0 Å². The summed E-state index contributed by atoms with van der Waals surface area (Å²) in [5.41, 5.74) is 1.13. The summed E-state index contributed by atoms with van der Waals surface area (Å²) in [6.07, 6.45) is -0.718. The highest BCUT2D eigenvalue weighted by Crippen LogP contribution is 2.17. The van der Waals surface area contributed by atoms with Gasteiger partial charge in [-0.15, -0.1) is 0 Å². The first kappa shape index (κ1) is 10.1. The lowest BCUT2D eigenvalue weighted by molar-refractivity contribution is -0.153. The van der Waals surface area contributed by atoms with Gasteiger partial charge in [-0.1, -0.05) is 30.3 Å². The molecule has 15 heavy (non-hydrogen) atoms. The van der Waals surface area contributed by atoms with Crippen LogP contribution in [-0.2, 0) is 9.53 Å². The summed E-state index contributed by atoms with van der Waals surface area (Å²) in [4.78, 5) is 10.6. The van der Waals surface area contributed by atoms with E-state index < -0.39 is 12.1 Å². The van der Waals surface area contributed by atoms with Crippen LogP contribution < -0.4 is 5.32 Å². The van der Waals surface area contributed by atoms with Crippen LogP contribution in [0, 0.1) is 0 Å². The third-order valence-corrected chi connectivity index (χ3v) is 2.49. The predicted octanol–water partition coefficient (Wildman–Crippen LogP) is 0.801. The molecular weight excluding hydrogens is 194 g/mol. The minimum atomic E-state index is -0.908. The Balaban J connectivity index is 1.97. The lowest BCUT2D eigenvalue weighted by Crippen LogP contribution is -2.44. The number of carbonyl (C=O) groups is 1. The van der Waals surface area contributed by atoms with Crippen LogP contribution in [-0.4, -0.2) is 30.3 Å². The molecule has 0 bridgehead atoms. The molecule has 2 N–H and O–H groups in total. The van der Waals surface area contributed by atoms with Crippen LogP contribution in [0.4, 0.5) is 0 Å². The topological polar surface area (TPSA) is 58.6 Å². The van der Waals surface area contributed by atoms with Gasteiger partial charge in [-0.25, -0.2) is 4.79 Å². The van der Waals surface area contributed by atoms with Crippen molar-refractivity contribution in [2.75, 3.05) is 13.2 Å². The number of nitrogens with one attached hydrogen (secondary N) is 1. The predicted molar refractivity (Wildman–Crippen MR) is 54.6 cm³/mol.